The van der Waals surface area contributed by atoms with Crippen LogP contribution >= 0.6 is 0 Å². The quantitative estimate of drug-likeness (QED) is 0.846. The number of rotatable bonds is 5. The highest BCUT2D eigenvalue weighted by Gasteiger charge is 2.19. The summed E-state index contributed by atoms with van der Waals surface area (Å²) in [5.74, 6) is 1.75. The Balaban J connectivity index is 2.02. The number of aromatic nitrogens is 2. The molecule has 1 aromatic rings. The molecule has 3 heteroatoms. The first-order valence-electron chi connectivity index (χ1n) is 7.51. The zero-order chi connectivity index (χ0) is 13.0. The molecule has 1 saturated carbocycles. The minimum absolute atomic E-state index is 0.517. The van der Waals surface area contributed by atoms with Gasteiger partial charge >= 0.3 is 0 Å². The molecule has 0 aromatic carbocycles. The van der Waals surface area contributed by atoms with Crippen LogP contribution in [0, 0.1) is 5.92 Å². The number of anilines is 1. The third-order valence-corrected chi connectivity index (χ3v) is 4.51. The van der Waals surface area contributed by atoms with Crippen molar-refractivity contribution in [2.75, 3.05) is 5.32 Å². The molecule has 2 atom stereocenters. The first-order valence-corrected chi connectivity index (χ1v) is 7.51. The SMILES string of the molecule is CCC(C)C(C)n1ccnc1NC1CCCCC1. The third kappa shape index (κ3) is 3.06. The molecule has 1 aliphatic carbocycles. The van der Waals surface area contributed by atoms with Crippen molar-refractivity contribution in [3.05, 3.63) is 12.4 Å². The number of nitrogens with zero attached hydrogens (tertiary/aromatic N) is 2. The second kappa shape index (κ2) is 6.26. The largest absolute Gasteiger partial charge is 0.353 e. The van der Waals surface area contributed by atoms with E-state index in [0.717, 1.165) is 5.95 Å². The summed E-state index contributed by atoms with van der Waals surface area (Å²) in [5.41, 5.74) is 0. The normalized spacial score (nSPS) is 20.6. The van der Waals surface area contributed by atoms with Crippen LogP contribution < -0.4 is 5.32 Å². The monoisotopic (exact) mass is 249 g/mol. The summed E-state index contributed by atoms with van der Waals surface area (Å²) in [7, 11) is 0. The molecule has 0 spiro atoms. The summed E-state index contributed by atoms with van der Waals surface area (Å²) in [6.45, 7) is 6.86. The maximum atomic E-state index is 4.50. The van der Waals surface area contributed by atoms with E-state index in [4.69, 9.17) is 0 Å². The van der Waals surface area contributed by atoms with E-state index in [-0.39, 0.29) is 0 Å². The highest BCUT2D eigenvalue weighted by Crippen LogP contribution is 2.26. The molecule has 1 N–H and O–H groups in total. The summed E-state index contributed by atoms with van der Waals surface area (Å²) in [6.07, 6.45) is 12.0. The molecule has 0 saturated heterocycles. The standard InChI is InChI=1S/C15H27N3/c1-4-12(2)13(3)18-11-10-16-15(18)17-14-8-6-5-7-9-14/h10-14H,4-9H2,1-3H3,(H,16,17). The number of imidazole rings is 1. The van der Waals surface area contributed by atoms with Gasteiger partial charge in [-0.2, -0.15) is 0 Å². The maximum Gasteiger partial charge on any atom is 0.203 e. The van der Waals surface area contributed by atoms with Gasteiger partial charge in [-0.1, -0.05) is 39.5 Å². The molecule has 0 radical (unpaired) electrons. The molecule has 1 aromatic heterocycles. The number of nitrogens with one attached hydrogen (secondary N) is 1. The summed E-state index contributed by atoms with van der Waals surface area (Å²) < 4.78 is 2.31. The Morgan fingerprint density at radius 1 is 1.33 bits per heavy atom. The van der Waals surface area contributed by atoms with Gasteiger partial charge in [0.05, 0.1) is 0 Å². The van der Waals surface area contributed by atoms with Crippen molar-refractivity contribution in [2.45, 2.75) is 71.4 Å². The summed E-state index contributed by atoms with van der Waals surface area (Å²) >= 11 is 0. The third-order valence-electron chi connectivity index (χ3n) is 4.51. The first-order chi connectivity index (χ1) is 8.72. The van der Waals surface area contributed by atoms with Gasteiger partial charge in [0, 0.05) is 24.5 Å². The summed E-state index contributed by atoms with van der Waals surface area (Å²) in [6, 6.07) is 1.15. The van der Waals surface area contributed by atoms with E-state index in [1.807, 2.05) is 6.20 Å². The molecular formula is C15H27N3. The summed E-state index contributed by atoms with van der Waals surface area (Å²) in [4.78, 5) is 4.50. The van der Waals surface area contributed by atoms with Gasteiger partial charge < -0.3 is 9.88 Å². The molecule has 2 rings (SSSR count). The first kappa shape index (κ1) is 13.4. The van der Waals surface area contributed by atoms with Crippen molar-refractivity contribution < 1.29 is 0 Å². The fraction of sp³-hybridized carbons (Fsp3) is 0.800. The Labute approximate surface area is 111 Å². The van der Waals surface area contributed by atoms with Gasteiger partial charge in [-0.25, -0.2) is 4.98 Å². The predicted molar refractivity (Wildman–Crippen MR) is 76.9 cm³/mol. The Hall–Kier alpha value is -0.990. The van der Waals surface area contributed by atoms with E-state index in [9.17, 15) is 0 Å². The minimum Gasteiger partial charge on any atom is -0.353 e. The topological polar surface area (TPSA) is 29.9 Å². The predicted octanol–water partition coefficient (Wildman–Crippen LogP) is 4.23. The van der Waals surface area contributed by atoms with Crippen LogP contribution in [0.5, 0.6) is 0 Å². The number of hydrogen-bond donors (Lipinski definition) is 1. The molecule has 3 nitrogen and oxygen atoms in total. The Morgan fingerprint density at radius 3 is 2.72 bits per heavy atom. The van der Waals surface area contributed by atoms with Crippen LogP contribution in [0.2, 0.25) is 0 Å². The maximum absolute atomic E-state index is 4.50. The Morgan fingerprint density at radius 2 is 2.06 bits per heavy atom. The average Bonchev–Trinajstić information content (AvgIpc) is 2.86. The van der Waals surface area contributed by atoms with Crippen molar-refractivity contribution in [1.29, 1.82) is 0 Å². The molecule has 102 valence electrons. The van der Waals surface area contributed by atoms with Crippen molar-refractivity contribution in [3.63, 3.8) is 0 Å². The minimum atomic E-state index is 0.517. The Kier molecular flexibility index (Phi) is 4.67. The fourth-order valence-corrected chi connectivity index (χ4v) is 2.80. The van der Waals surface area contributed by atoms with Crippen LogP contribution in [0.25, 0.3) is 0 Å². The zero-order valence-corrected chi connectivity index (χ0v) is 12.0. The zero-order valence-electron chi connectivity index (χ0n) is 12.0. The lowest BCUT2D eigenvalue weighted by atomic mass is 9.96. The van der Waals surface area contributed by atoms with Crippen LogP contribution in [0.15, 0.2) is 12.4 Å². The highest BCUT2D eigenvalue weighted by molar-refractivity contribution is 5.28. The van der Waals surface area contributed by atoms with E-state index >= 15 is 0 Å². The van der Waals surface area contributed by atoms with Crippen LogP contribution in [0.1, 0.15) is 65.3 Å². The van der Waals surface area contributed by atoms with E-state index in [0.29, 0.717) is 18.0 Å². The number of hydrogen-bond acceptors (Lipinski definition) is 2. The average molecular weight is 249 g/mol. The lowest BCUT2D eigenvalue weighted by Gasteiger charge is -2.27. The molecular weight excluding hydrogens is 222 g/mol. The van der Waals surface area contributed by atoms with Crippen molar-refractivity contribution in [2.24, 2.45) is 5.92 Å². The second-order valence-electron chi connectivity index (χ2n) is 5.76. The van der Waals surface area contributed by atoms with Gasteiger partial charge in [0.25, 0.3) is 0 Å². The Bertz CT molecular complexity index is 352. The molecule has 1 fully saturated rings. The van der Waals surface area contributed by atoms with Crippen molar-refractivity contribution >= 4 is 5.95 Å². The molecule has 1 heterocycles. The van der Waals surface area contributed by atoms with E-state index in [2.05, 4.69) is 41.8 Å². The molecule has 0 aliphatic heterocycles. The van der Waals surface area contributed by atoms with Crippen molar-refractivity contribution in [3.8, 4) is 0 Å². The van der Waals surface area contributed by atoms with Crippen LogP contribution in [0.4, 0.5) is 5.95 Å². The lowest BCUT2D eigenvalue weighted by Crippen LogP contribution is -2.25. The van der Waals surface area contributed by atoms with Gasteiger partial charge in [0.1, 0.15) is 0 Å². The van der Waals surface area contributed by atoms with E-state index in [1.54, 1.807) is 0 Å². The van der Waals surface area contributed by atoms with Gasteiger partial charge in [-0.05, 0) is 25.7 Å². The van der Waals surface area contributed by atoms with Crippen molar-refractivity contribution in [1.82, 2.24) is 9.55 Å². The molecule has 2 unspecified atom stereocenters. The molecule has 18 heavy (non-hydrogen) atoms. The molecule has 1 aliphatic rings. The molecule has 0 amide bonds. The lowest BCUT2D eigenvalue weighted by molar-refractivity contribution is 0.370. The van der Waals surface area contributed by atoms with E-state index < -0.39 is 0 Å². The van der Waals surface area contributed by atoms with Gasteiger partial charge in [-0.3, -0.25) is 0 Å². The van der Waals surface area contributed by atoms with Gasteiger partial charge in [0.15, 0.2) is 0 Å². The second-order valence-corrected chi connectivity index (χ2v) is 5.76. The van der Waals surface area contributed by atoms with Gasteiger partial charge in [-0.15, -0.1) is 0 Å². The van der Waals surface area contributed by atoms with Crippen LogP contribution in [-0.4, -0.2) is 15.6 Å². The summed E-state index contributed by atoms with van der Waals surface area (Å²) in [5, 5.41) is 3.64. The van der Waals surface area contributed by atoms with Crippen LogP contribution in [0.3, 0.4) is 0 Å². The van der Waals surface area contributed by atoms with Crippen LogP contribution in [-0.2, 0) is 0 Å². The smallest absolute Gasteiger partial charge is 0.203 e. The fourth-order valence-electron chi connectivity index (χ4n) is 2.80. The van der Waals surface area contributed by atoms with E-state index in [1.165, 1.54) is 38.5 Å². The molecule has 0 bridgehead atoms. The highest BCUT2D eigenvalue weighted by atomic mass is 15.2. The van der Waals surface area contributed by atoms with Gasteiger partial charge in [0.2, 0.25) is 5.95 Å².